The monoisotopic (exact) mass is 339 g/mol. The predicted octanol–water partition coefficient (Wildman–Crippen LogP) is 1.73. The molecule has 0 bridgehead atoms. The Bertz CT molecular complexity index is 737. The maximum absolute atomic E-state index is 12.9. The third kappa shape index (κ3) is 3.72. The van der Waals surface area contributed by atoms with Crippen LogP contribution in [-0.4, -0.2) is 48.6 Å². The molecule has 1 aromatic carbocycles. The molecule has 7 heteroatoms. The first-order chi connectivity index (χ1) is 10.7. The van der Waals surface area contributed by atoms with Gasteiger partial charge in [0.2, 0.25) is 0 Å². The van der Waals surface area contributed by atoms with Crippen LogP contribution in [0.5, 0.6) is 0 Å². The number of carbonyl (C=O) groups is 2. The molecule has 1 saturated carbocycles. The molecule has 0 spiro atoms. The Labute approximate surface area is 136 Å². The molecule has 1 unspecified atom stereocenters. The van der Waals surface area contributed by atoms with Crippen molar-refractivity contribution in [2.75, 3.05) is 6.26 Å². The highest BCUT2D eigenvalue weighted by molar-refractivity contribution is 7.90. The quantitative estimate of drug-likeness (QED) is 0.852. The molecular weight excluding hydrogens is 318 g/mol. The number of hydrogen-bond donors (Lipinski definition) is 1. The Kier molecular flexibility index (Phi) is 4.79. The minimum absolute atomic E-state index is 0.0665. The van der Waals surface area contributed by atoms with E-state index in [2.05, 4.69) is 0 Å². The molecular formula is C16H21NO5S. The van der Waals surface area contributed by atoms with Gasteiger partial charge in [0.15, 0.2) is 9.84 Å². The second-order valence-corrected chi connectivity index (χ2v) is 7.92. The maximum atomic E-state index is 12.9. The Morgan fingerprint density at radius 2 is 1.96 bits per heavy atom. The highest BCUT2D eigenvalue weighted by Gasteiger charge is 2.39. The zero-order chi connectivity index (χ0) is 17.4. The van der Waals surface area contributed by atoms with Crippen molar-refractivity contribution in [3.63, 3.8) is 0 Å². The lowest BCUT2D eigenvalue weighted by atomic mass is 10.0. The van der Waals surface area contributed by atoms with E-state index in [1.54, 1.807) is 6.07 Å². The Hall–Kier alpha value is -1.89. The predicted molar refractivity (Wildman–Crippen MR) is 85.2 cm³/mol. The lowest BCUT2D eigenvalue weighted by molar-refractivity contribution is -0.141. The topological polar surface area (TPSA) is 91.8 Å². The van der Waals surface area contributed by atoms with Crippen LogP contribution in [-0.2, 0) is 21.1 Å². The van der Waals surface area contributed by atoms with Crippen molar-refractivity contribution in [2.45, 2.75) is 50.1 Å². The number of rotatable bonds is 6. The summed E-state index contributed by atoms with van der Waals surface area (Å²) in [6.45, 7) is 3.35. The molecule has 23 heavy (non-hydrogen) atoms. The largest absolute Gasteiger partial charge is 0.480 e. The fourth-order valence-corrected chi connectivity index (χ4v) is 3.21. The van der Waals surface area contributed by atoms with Crippen molar-refractivity contribution in [1.82, 2.24) is 4.90 Å². The van der Waals surface area contributed by atoms with Crippen LogP contribution in [0.4, 0.5) is 0 Å². The van der Waals surface area contributed by atoms with E-state index in [0.29, 0.717) is 12.0 Å². The minimum atomic E-state index is -3.44. The van der Waals surface area contributed by atoms with Gasteiger partial charge in [-0.3, -0.25) is 4.79 Å². The number of carboxylic acids is 1. The summed E-state index contributed by atoms with van der Waals surface area (Å²) >= 11 is 0. The lowest BCUT2D eigenvalue weighted by Crippen LogP contribution is -2.45. The zero-order valence-corrected chi connectivity index (χ0v) is 14.3. The second kappa shape index (κ2) is 6.31. The number of hydrogen-bond acceptors (Lipinski definition) is 4. The Morgan fingerprint density at radius 1 is 1.35 bits per heavy atom. The highest BCUT2D eigenvalue weighted by atomic mass is 32.2. The minimum Gasteiger partial charge on any atom is -0.480 e. The van der Waals surface area contributed by atoms with Crippen molar-refractivity contribution >= 4 is 21.7 Å². The van der Waals surface area contributed by atoms with E-state index < -0.39 is 27.8 Å². The summed E-state index contributed by atoms with van der Waals surface area (Å²) in [5, 5.41) is 9.25. The van der Waals surface area contributed by atoms with Crippen LogP contribution in [0.15, 0.2) is 23.1 Å². The molecule has 126 valence electrons. The van der Waals surface area contributed by atoms with E-state index >= 15 is 0 Å². The Morgan fingerprint density at radius 3 is 2.39 bits per heavy atom. The fourth-order valence-electron chi connectivity index (χ4n) is 2.56. The van der Waals surface area contributed by atoms with Gasteiger partial charge in [-0.2, -0.15) is 0 Å². The van der Waals surface area contributed by atoms with Gasteiger partial charge in [-0.05, 0) is 43.9 Å². The van der Waals surface area contributed by atoms with Gasteiger partial charge in [0.1, 0.15) is 6.04 Å². The summed E-state index contributed by atoms with van der Waals surface area (Å²) in [6.07, 6.45) is 3.19. The maximum Gasteiger partial charge on any atom is 0.326 e. The van der Waals surface area contributed by atoms with Crippen molar-refractivity contribution in [3.05, 3.63) is 29.3 Å². The molecule has 0 radical (unpaired) electrons. The highest BCUT2D eigenvalue weighted by Crippen LogP contribution is 2.31. The van der Waals surface area contributed by atoms with Gasteiger partial charge in [-0.15, -0.1) is 0 Å². The number of nitrogens with zero attached hydrogens (tertiary/aromatic N) is 1. The summed E-state index contributed by atoms with van der Waals surface area (Å²) in [6, 6.07) is 3.44. The van der Waals surface area contributed by atoms with Gasteiger partial charge < -0.3 is 10.0 Å². The molecule has 6 nitrogen and oxygen atoms in total. The Balaban J connectivity index is 2.49. The number of carboxylic acid groups (broad SMARTS) is 1. The number of benzene rings is 1. The summed E-state index contributed by atoms with van der Waals surface area (Å²) < 4.78 is 23.5. The van der Waals surface area contributed by atoms with Crippen LogP contribution in [0, 0.1) is 0 Å². The molecule has 1 fully saturated rings. The first-order valence-electron chi connectivity index (χ1n) is 7.55. The summed E-state index contributed by atoms with van der Waals surface area (Å²) in [7, 11) is -3.44. The number of sulfone groups is 1. The molecule has 1 amide bonds. The molecule has 0 heterocycles. The smallest absolute Gasteiger partial charge is 0.326 e. The van der Waals surface area contributed by atoms with Crippen LogP contribution in [0.25, 0.3) is 0 Å². The van der Waals surface area contributed by atoms with Gasteiger partial charge >= 0.3 is 5.97 Å². The van der Waals surface area contributed by atoms with E-state index in [1.165, 1.54) is 24.0 Å². The van der Waals surface area contributed by atoms with Gasteiger partial charge in [0.05, 0.1) is 4.90 Å². The number of aliphatic carboxylic acids is 1. The number of amides is 1. The van der Waals surface area contributed by atoms with Gasteiger partial charge in [0.25, 0.3) is 5.91 Å². The fraction of sp³-hybridized carbons (Fsp3) is 0.500. The summed E-state index contributed by atoms with van der Waals surface area (Å²) in [5.41, 5.74) is 0.987. The first-order valence-corrected chi connectivity index (χ1v) is 9.44. The van der Waals surface area contributed by atoms with Crippen LogP contribution in [0.3, 0.4) is 0 Å². The van der Waals surface area contributed by atoms with Crippen LogP contribution in [0.1, 0.15) is 42.6 Å². The van der Waals surface area contributed by atoms with Crippen LogP contribution < -0.4 is 0 Å². The summed E-state index contributed by atoms with van der Waals surface area (Å²) in [4.78, 5) is 25.6. The van der Waals surface area contributed by atoms with Crippen molar-refractivity contribution in [1.29, 1.82) is 0 Å². The van der Waals surface area contributed by atoms with Crippen molar-refractivity contribution in [3.8, 4) is 0 Å². The molecule has 1 aliphatic carbocycles. The molecule has 0 aromatic heterocycles. The third-order valence-corrected chi connectivity index (χ3v) is 5.18. The molecule has 1 aliphatic rings. The van der Waals surface area contributed by atoms with E-state index in [1.807, 2.05) is 6.92 Å². The van der Waals surface area contributed by atoms with E-state index in [-0.39, 0.29) is 16.5 Å². The van der Waals surface area contributed by atoms with E-state index in [9.17, 15) is 23.1 Å². The van der Waals surface area contributed by atoms with Gasteiger partial charge in [-0.1, -0.05) is 13.0 Å². The normalized spacial score (nSPS) is 16.0. The lowest BCUT2D eigenvalue weighted by Gasteiger charge is -2.27. The molecule has 0 saturated heterocycles. The van der Waals surface area contributed by atoms with Crippen molar-refractivity contribution in [2.24, 2.45) is 0 Å². The van der Waals surface area contributed by atoms with Crippen molar-refractivity contribution < 1.29 is 23.1 Å². The first kappa shape index (κ1) is 17.5. The number of carbonyl (C=O) groups excluding carboxylic acids is 1. The van der Waals surface area contributed by atoms with Crippen LogP contribution in [0.2, 0.25) is 0 Å². The third-order valence-electron chi connectivity index (χ3n) is 4.07. The van der Waals surface area contributed by atoms with E-state index in [0.717, 1.165) is 19.1 Å². The SMILES string of the molecule is CCc1ccc(S(C)(=O)=O)cc1C(=O)N(C1CC1)C(C)C(=O)O. The van der Waals surface area contributed by atoms with E-state index in [4.69, 9.17) is 0 Å². The average molecular weight is 339 g/mol. The van der Waals surface area contributed by atoms with Gasteiger partial charge in [0, 0.05) is 17.9 Å². The second-order valence-electron chi connectivity index (χ2n) is 5.90. The van der Waals surface area contributed by atoms with Crippen LogP contribution >= 0.6 is 0 Å². The average Bonchev–Trinajstić information content (AvgIpc) is 3.30. The zero-order valence-electron chi connectivity index (χ0n) is 13.4. The molecule has 1 N–H and O–H groups in total. The standard InChI is InChI=1S/C16H21NO5S/c1-4-11-5-8-13(23(3,21)22)9-14(11)15(18)17(12-6-7-12)10(2)16(19)20/h5,8-10,12H,4,6-7H2,1-3H3,(H,19,20). The molecule has 1 aromatic rings. The molecule has 0 aliphatic heterocycles. The van der Waals surface area contributed by atoms with Gasteiger partial charge in [-0.25, -0.2) is 13.2 Å². The number of aryl methyl sites for hydroxylation is 1. The molecule has 1 atom stereocenters. The summed E-state index contributed by atoms with van der Waals surface area (Å²) in [5.74, 6) is -1.48. The molecule has 2 rings (SSSR count).